The molecule has 124 valence electrons. The molecule has 2 rings (SSSR count). The molecule has 0 saturated heterocycles. The van der Waals surface area contributed by atoms with Gasteiger partial charge in [-0.25, -0.2) is 0 Å². The van der Waals surface area contributed by atoms with Crippen LogP contribution in [-0.2, 0) is 6.54 Å². The Morgan fingerprint density at radius 1 is 1.30 bits per heavy atom. The average molecular weight is 371 g/mol. The van der Waals surface area contributed by atoms with Crippen LogP contribution in [0.2, 0.25) is 10.0 Å². The molecule has 1 atom stereocenters. The number of thiocarbonyl (C=S) groups is 1. The van der Waals surface area contributed by atoms with Gasteiger partial charge in [0.25, 0.3) is 0 Å². The first-order valence-electron chi connectivity index (χ1n) is 7.26. The Morgan fingerprint density at radius 2 is 2.04 bits per heavy atom. The molecule has 0 radical (unpaired) electrons. The Balaban J connectivity index is 2.03. The number of nitrogens with zero attached hydrogens (tertiary/aromatic N) is 2. The number of aromatic nitrogens is 2. The first-order valence-corrected chi connectivity index (χ1v) is 8.42. The van der Waals surface area contributed by atoms with Crippen LogP contribution in [0, 0.1) is 5.41 Å². The van der Waals surface area contributed by atoms with E-state index in [1.54, 1.807) is 18.3 Å². The van der Waals surface area contributed by atoms with Crippen LogP contribution in [0.1, 0.15) is 20.8 Å². The lowest BCUT2D eigenvalue weighted by atomic mass is 9.87. The minimum Gasteiger partial charge on any atom is -0.357 e. The summed E-state index contributed by atoms with van der Waals surface area (Å²) in [5.74, 6) is 0. The van der Waals surface area contributed by atoms with Gasteiger partial charge in [0.2, 0.25) is 0 Å². The van der Waals surface area contributed by atoms with Gasteiger partial charge < -0.3 is 10.6 Å². The summed E-state index contributed by atoms with van der Waals surface area (Å²) >= 11 is 17.4. The summed E-state index contributed by atoms with van der Waals surface area (Å²) in [7, 11) is 0. The number of benzene rings is 1. The van der Waals surface area contributed by atoms with Crippen molar-refractivity contribution in [2.24, 2.45) is 5.41 Å². The van der Waals surface area contributed by atoms with Crippen LogP contribution < -0.4 is 10.6 Å². The molecule has 0 saturated carbocycles. The second-order valence-corrected chi connectivity index (χ2v) is 7.60. The molecule has 2 aromatic rings. The SMILES string of the molecule is CC(C)(C)C(Cn1cccn1)NC(=S)Nc1ccc(Cl)c(Cl)c1. The molecule has 0 fully saturated rings. The van der Waals surface area contributed by atoms with Crippen molar-refractivity contribution >= 4 is 46.2 Å². The average Bonchev–Trinajstić information content (AvgIpc) is 2.94. The molecular weight excluding hydrogens is 351 g/mol. The van der Waals surface area contributed by atoms with Gasteiger partial charge in [-0.1, -0.05) is 44.0 Å². The Hall–Kier alpha value is -1.30. The van der Waals surface area contributed by atoms with Gasteiger partial charge in [0, 0.05) is 18.1 Å². The highest BCUT2D eigenvalue weighted by Crippen LogP contribution is 2.25. The van der Waals surface area contributed by atoms with Crippen LogP contribution in [0.3, 0.4) is 0 Å². The van der Waals surface area contributed by atoms with E-state index in [1.165, 1.54) is 0 Å². The molecule has 0 amide bonds. The van der Waals surface area contributed by atoms with E-state index in [0.29, 0.717) is 15.2 Å². The number of rotatable bonds is 4. The molecule has 1 heterocycles. The third kappa shape index (κ3) is 5.37. The molecule has 0 spiro atoms. The van der Waals surface area contributed by atoms with Gasteiger partial charge in [-0.15, -0.1) is 0 Å². The van der Waals surface area contributed by atoms with Gasteiger partial charge in [0.1, 0.15) is 0 Å². The zero-order chi connectivity index (χ0) is 17.0. The smallest absolute Gasteiger partial charge is 0.171 e. The highest BCUT2D eigenvalue weighted by Gasteiger charge is 2.26. The predicted molar refractivity (Wildman–Crippen MR) is 101 cm³/mol. The summed E-state index contributed by atoms with van der Waals surface area (Å²) in [5.41, 5.74) is 0.804. The topological polar surface area (TPSA) is 41.9 Å². The van der Waals surface area contributed by atoms with Crippen molar-refractivity contribution < 1.29 is 0 Å². The molecule has 4 nitrogen and oxygen atoms in total. The minimum absolute atomic E-state index is 0.00926. The first-order chi connectivity index (χ1) is 10.8. The highest BCUT2D eigenvalue weighted by atomic mass is 35.5. The second-order valence-electron chi connectivity index (χ2n) is 6.37. The zero-order valence-electron chi connectivity index (χ0n) is 13.3. The van der Waals surface area contributed by atoms with E-state index < -0.39 is 0 Å². The quantitative estimate of drug-likeness (QED) is 0.772. The van der Waals surface area contributed by atoms with Crippen molar-refractivity contribution in [3.63, 3.8) is 0 Å². The number of hydrogen-bond donors (Lipinski definition) is 2. The monoisotopic (exact) mass is 370 g/mol. The zero-order valence-corrected chi connectivity index (χ0v) is 15.6. The molecule has 1 aromatic heterocycles. The third-order valence-corrected chi connectivity index (χ3v) is 4.42. The van der Waals surface area contributed by atoms with E-state index in [-0.39, 0.29) is 11.5 Å². The van der Waals surface area contributed by atoms with Crippen molar-refractivity contribution in [1.82, 2.24) is 15.1 Å². The molecule has 0 aliphatic heterocycles. The van der Waals surface area contributed by atoms with Crippen molar-refractivity contribution in [2.45, 2.75) is 33.4 Å². The van der Waals surface area contributed by atoms with Gasteiger partial charge in [-0.05, 0) is 41.9 Å². The fourth-order valence-corrected chi connectivity index (χ4v) is 2.59. The first kappa shape index (κ1) is 18.0. The van der Waals surface area contributed by atoms with Gasteiger partial charge >= 0.3 is 0 Å². The minimum atomic E-state index is 0.00926. The number of halogens is 2. The fourth-order valence-electron chi connectivity index (χ4n) is 2.03. The normalized spacial score (nSPS) is 12.7. The van der Waals surface area contributed by atoms with Crippen LogP contribution in [0.4, 0.5) is 5.69 Å². The summed E-state index contributed by atoms with van der Waals surface area (Å²) in [6.45, 7) is 7.21. The molecule has 1 unspecified atom stereocenters. The summed E-state index contributed by atoms with van der Waals surface area (Å²) in [5, 5.41) is 12.3. The second kappa shape index (κ2) is 7.51. The molecule has 2 N–H and O–H groups in total. The molecule has 0 bridgehead atoms. The molecular formula is C16H20Cl2N4S. The Morgan fingerprint density at radius 3 is 2.61 bits per heavy atom. The van der Waals surface area contributed by atoms with Crippen LogP contribution in [0.25, 0.3) is 0 Å². The number of hydrogen-bond acceptors (Lipinski definition) is 2. The van der Waals surface area contributed by atoms with E-state index in [2.05, 4.69) is 36.5 Å². The Kier molecular flexibility index (Phi) is 5.89. The van der Waals surface area contributed by atoms with Gasteiger partial charge in [-0.3, -0.25) is 4.68 Å². The van der Waals surface area contributed by atoms with Crippen LogP contribution in [0.5, 0.6) is 0 Å². The molecule has 7 heteroatoms. The third-order valence-electron chi connectivity index (χ3n) is 3.46. The lowest BCUT2D eigenvalue weighted by molar-refractivity contribution is 0.262. The van der Waals surface area contributed by atoms with Crippen LogP contribution >= 0.6 is 35.4 Å². The lowest BCUT2D eigenvalue weighted by Gasteiger charge is -2.32. The fraction of sp³-hybridized carbons (Fsp3) is 0.375. The maximum Gasteiger partial charge on any atom is 0.171 e. The van der Waals surface area contributed by atoms with Crippen molar-refractivity contribution in [2.75, 3.05) is 5.32 Å². The van der Waals surface area contributed by atoms with Crippen LogP contribution in [-0.4, -0.2) is 20.9 Å². The summed E-state index contributed by atoms with van der Waals surface area (Å²) in [6, 6.07) is 7.34. The van der Waals surface area contributed by atoms with Crippen molar-refractivity contribution in [3.8, 4) is 0 Å². The van der Waals surface area contributed by atoms with Crippen LogP contribution in [0.15, 0.2) is 36.7 Å². The molecule has 0 aliphatic rings. The van der Waals surface area contributed by atoms with Gasteiger partial charge in [0.05, 0.1) is 22.6 Å². The summed E-state index contributed by atoms with van der Waals surface area (Å²) in [4.78, 5) is 0. The standard InChI is InChI=1S/C16H20Cl2N4S/c1-16(2,3)14(10-22-8-4-7-19-22)21-15(23)20-11-5-6-12(17)13(18)9-11/h4-9,14H,10H2,1-3H3,(H2,20,21,23). The Bertz CT molecular complexity index is 665. The number of anilines is 1. The van der Waals surface area contributed by atoms with E-state index in [0.717, 1.165) is 12.2 Å². The molecule has 23 heavy (non-hydrogen) atoms. The highest BCUT2D eigenvalue weighted by molar-refractivity contribution is 7.80. The maximum atomic E-state index is 6.02. The Labute approximate surface area is 152 Å². The summed E-state index contributed by atoms with van der Waals surface area (Å²) < 4.78 is 1.89. The van der Waals surface area contributed by atoms with E-state index in [4.69, 9.17) is 35.4 Å². The van der Waals surface area contributed by atoms with Gasteiger partial charge in [-0.2, -0.15) is 5.10 Å². The maximum absolute atomic E-state index is 6.02. The van der Waals surface area contributed by atoms with E-state index in [9.17, 15) is 0 Å². The summed E-state index contributed by atoms with van der Waals surface area (Å²) in [6.07, 6.45) is 3.71. The van der Waals surface area contributed by atoms with Crippen molar-refractivity contribution in [3.05, 3.63) is 46.7 Å². The lowest BCUT2D eigenvalue weighted by Crippen LogP contribution is -2.48. The van der Waals surface area contributed by atoms with E-state index in [1.807, 2.05) is 23.0 Å². The molecule has 0 aliphatic carbocycles. The van der Waals surface area contributed by atoms with E-state index >= 15 is 0 Å². The number of nitrogens with one attached hydrogen (secondary N) is 2. The van der Waals surface area contributed by atoms with Crippen molar-refractivity contribution in [1.29, 1.82) is 0 Å². The predicted octanol–water partition coefficient (Wildman–Crippen LogP) is 4.59. The largest absolute Gasteiger partial charge is 0.357 e. The molecule has 1 aromatic carbocycles. The van der Waals surface area contributed by atoms with Gasteiger partial charge in [0.15, 0.2) is 5.11 Å².